The van der Waals surface area contributed by atoms with Crippen LogP contribution in [-0.2, 0) is 4.74 Å². The van der Waals surface area contributed by atoms with Crippen LogP contribution in [0.1, 0.15) is 17.4 Å². The Bertz CT molecular complexity index is 747. The standard InChI is InChI=1S/C15H14N4O2/c1-2-21-15(20)14-13(16-18-17-14)11-6-5-7-12(10-11)19-8-3-4-9-19/h3-10H,2H2,1H3,(H,16,17,18). The van der Waals surface area contributed by atoms with Crippen LogP contribution in [0.15, 0.2) is 48.8 Å². The summed E-state index contributed by atoms with van der Waals surface area (Å²) >= 11 is 0. The van der Waals surface area contributed by atoms with Crippen molar-refractivity contribution < 1.29 is 9.53 Å². The number of aromatic amines is 1. The highest BCUT2D eigenvalue weighted by Crippen LogP contribution is 2.23. The maximum Gasteiger partial charge on any atom is 0.361 e. The summed E-state index contributed by atoms with van der Waals surface area (Å²) in [5.41, 5.74) is 2.47. The zero-order valence-corrected chi connectivity index (χ0v) is 11.5. The average molecular weight is 282 g/mol. The van der Waals surface area contributed by atoms with Gasteiger partial charge in [-0.05, 0) is 31.2 Å². The summed E-state index contributed by atoms with van der Waals surface area (Å²) in [7, 11) is 0. The molecule has 21 heavy (non-hydrogen) atoms. The predicted molar refractivity (Wildman–Crippen MR) is 77.1 cm³/mol. The molecule has 1 N–H and O–H groups in total. The first-order valence-corrected chi connectivity index (χ1v) is 6.61. The van der Waals surface area contributed by atoms with Gasteiger partial charge in [-0.15, -0.1) is 5.10 Å². The summed E-state index contributed by atoms with van der Waals surface area (Å²) in [5, 5.41) is 10.4. The first-order chi connectivity index (χ1) is 10.3. The first-order valence-electron chi connectivity index (χ1n) is 6.61. The molecule has 0 spiro atoms. The Labute approximate surface area is 121 Å². The number of benzene rings is 1. The number of nitrogens with zero attached hydrogens (tertiary/aromatic N) is 3. The molecule has 2 aromatic heterocycles. The molecule has 0 amide bonds. The molecule has 0 fully saturated rings. The van der Waals surface area contributed by atoms with Gasteiger partial charge < -0.3 is 9.30 Å². The van der Waals surface area contributed by atoms with E-state index in [4.69, 9.17) is 4.74 Å². The Kier molecular flexibility index (Phi) is 3.51. The van der Waals surface area contributed by atoms with E-state index in [-0.39, 0.29) is 5.69 Å². The van der Waals surface area contributed by atoms with Crippen LogP contribution >= 0.6 is 0 Å². The summed E-state index contributed by atoms with van der Waals surface area (Å²) in [6.45, 7) is 2.05. The van der Waals surface area contributed by atoms with E-state index in [2.05, 4.69) is 15.4 Å². The van der Waals surface area contributed by atoms with Crippen LogP contribution < -0.4 is 0 Å². The fraction of sp³-hybridized carbons (Fsp3) is 0.133. The van der Waals surface area contributed by atoms with E-state index in [1.54, 1.807) is 6.92 Å². The zero-order chi connectivity index (χ0) is 14.7. The van der Waals surface area contributed by atoms with E-state index >= 15 is 0 Å². The van der Waals surface area contributed by atoms with Gasteiger partial charge in [0.05, 0.1) is 6.61 Å². The quantitative estimate of drug-likeness (QED) is 0.746. The third-order valence-electron chi connectivity index (χ3n) is 3.04. The molecule has 0 aliphatic carbocycles. The Morgan fingerprint density at radius 2 is 2.05 bits per heavy atom. The molecule has 6 heteroatoms. The highest BCUT2D eigenvalue weighted by atomic mass is 16.5. The Morgan fingerprint density at radius 1 is 1.24 bits per heavy atom. The topological polar surface area (TPSA) is 72.8 Å². The molecule has 106 valence electrons. The van der Waals surface area contributed by atoms with Crippen molar-refractivity contribution in [3.05, 3.63) is 54.5 Å². The minimum absolute atomic E-state index is 0.196. The summed E-state index contributed by atoms with van der Waals surface area (Å²) in [5.74, 6) is -0.479. The lowest BCUT2D eigenvalue weighted by Gasteiger charge is -2.05. The molecule has 0 atom stereocenters. The van der Waals surface area contributed by atoms with Crippen LogP contribution in [0, 0.1) is 0 Å². The lowest BCUT2D eigenvalue weighted by molar-refractivity contribution is 0.0520. The number of hydrogen-bond acceptors (Lipinski definition) is 4. The molecule has 0 aliphatic heterocycles. The van der Waals surface area contributed by atoms with Gasteiger partial charge >= 0.3 is 5.97 Å². The number of rotatable bonds is 4. The largest absolute Gasteiger partial charge is 0.461 e. The number of aromatic nitrogens is 4. The number of nitrogens with one attached hydrogen (secondary N) is 1. The van der Waals surface area contributed by atoms with Crippen LogP contribution in [0.25, 0.3) is 16.9 Å². The minimum atomic E-state index is -0.479. The fourth-order valence-corrected chi connectivity index (χ4v) is 2.09. The molecule has 0 bridgehead atoms. The summed E-state index contributed by atoms with van der Waals surface area (Å²) in [6, 6.07) is 11.6. The smallest absolute Gasteiger partial charge is 0.361 e. The zero-order valence-electron chi connectivity index (χ0n) is 11.5. The van der Waals surface area contributed by atoms with Crippen molar-refractivity contribution in [2.75, 3.05) is 6.61 Å². The lowest BCUT2D eigenvalue weighted by atomic mass is 10.1. The minimum Gasteiger partial charge on any atom is -0.461 e. The third kappa shape index (κ3) is 2.55. The van der Waals surface area contributed by atoms with Crippen LogP contribution in [0.5, 0.6) is 0 Å². The molecule has 0 unspecified atom stereocenters. The van der Waals surface area contributed by atoms with Crippen molar-refractivity contribution in [2.24, 2.45) is 0 Å². The average Bonchev–Trinajstić information content (AvgIpc) is 3.19. The van der Waals surface area contributed by atoms with E-state index in [1.807, 2.05) is 53.4 Å². The monoisotopic (exact) mass is 282 g/mol. The second-order valence-electron chi connectivity index (χ2n) is 4.38. The SMILES string of the molecule is CCOC(=O)c1n[nH]nc1-c1cccc(-n2cccc2)c1. The van der Waals surface area contributed by atoms with Gasteiger partial charge in [-0.25, -0.2) is 4.79 Å². The van der Waals surface area contributed by atoms with E-state index in [0.717, 1.165) is 11.3 Å². The van der Waals surface area contributed by atoms with Crippen molar-refractivity contribution in [1.29, 1.82) is 0 Å². The fourth-order valence-electron chi connectivity index (χ4n) is 2.09. The number of esters is 1. The number of hydrogen-bond donors (Lipinski definition) is 1. The van der Waals surface area contributed by atoms with Gasteiger partial charge in [0.15, 0.2) is 5.69 Å². The molecular formula is C15H14N4O2. The van der Waals surface area contributed by atoms with Crippen molar-refractivity contribution in [1.82, 2.24) is 20.0 Å². The van der Waals surface area contributed by atoms with E-state index in [9.17, 15) is 4.79 Å². The van der Waals surface area contributed by atoms with Crippen molar-refractivity contribution in [2.45, 2.75) is 6.92 Å². The summed E-state index contributed by atoms with van der Waals surface area (Å²) < 4.78 is 6.96. The molecule has 0 saturated heterocycles. The number of H-pyrrole nitrogens is 1. The molecule has 1 aromatic carbocycles. The van der Waals surface area contributed by atoms with Gasteiger partial charge in [-0.3, -0.25) is 0 Å². The van der Waals surface area contributed by atoms with Crippen molar-refractivity contribution >= 4 is 5.97 Å². The highest BCUT2D eigenvalue weighted by Gasteiger charge is 2.19. The maximum absolute atomic E-state index is 11.9. The van der Waals surface area contributed by atoms with Crippen LogP contribution in [0.3, 0.4) is 0 Å². The second-order valence-corrected chi connectivity index (χ2v) is 4.38. The molecule has 3 rings (SSSR count). The molecule has 0 saturated carbocycles. The Hall–Kier alpha value is -2.89. The van der Waals surface area contributed by atoms with E-state index < -0.39 is 5.97 Å². The van der Waals surface area contributed by atoms with Crippen molar-refractivity contribution in [3.8, 4) is 16.9 Å². The number of carbonyl (C=O) groups is 1. The van der Waals surface area contributed by atoms with Gasteiger partial charge in [-0.2, -0.15) is 10.3 Å². The van der Waals surface area contributed by atoms with E-state index in [1.165, 1.54) is 0 Å². The van der Waals surface area contributed by atoms with Crippen LogP contribution in [0.4, 0.5) is 0 Å². The molecule has 2 heterocycles. The summed E-state index contributed by atoms with van der Waals surface area (Å²) in [6.07, 6.45) is 3.91. The normalized spacial score (nSPS) is 10.5. The Morgan fingerprint density at radius 3 is 2.81 bits per heavy atom. The van der Waals surface area contributed by atoms with Gasteiger partial charge in [-0.1, -0.05) is 12.1 Å². The molecule has 6 nitrogen and oxygen atoms in total. The number of ether oxygens (including phenoxy) is 1. The molecule has 3 aromatic rings. The van der Waals surface area contributed by atoms with Crippen LogP contribution in [-0.4, -0.2) is 32.6 Å². The lowest BCUT2D eigenvalue weighted by Crippen LogP contribution is -2.06. The van der Waals surface area contributed by atoms with Crippen LogP contribution in [0.2, 0.25) is 0 Å². The second kappa shape index (κ2) is 5.62. The van der Waals surface area contributed by atoms with Gasteiger partial charge in [0.25, 0.3) is 0 Å². The predicted octanol–water partition coefficient (Wildman–Crippen LogP) is 2.44. The van der Waals surface area contributed by atoms with Crippen molar-refractivity contribution in [3.63, 3.8) is 0 Å². The van der Waals surface area contributed by atoms with E-state index in [0.29, 0.717) is 12.3 Å². The van der Waals surface area contributed by atoms with Gasteiger partial charge in [0.2, 0.25) is 0 Å². The first kappa shape index (κ1) is 13.1. The number of carbonyl (C=O) groups excluding carboxylic acids is 1. The molecule has 0 aliphatic rings. The Balaban J connectivity index is 2.00. The van der Waals surface area contributed by atoms with Gasteiger partial charge in [0.1, 0.15) is 5.69 Å². The molecule has 0 radical (unpaired) electrons. The third-order valence-corrected chi connectivity index (χ3v) is 3.04. The maximum atomic E-state index is 11.9. The van der Waals surface area contributed by atoms with Gasteiger partial charge in [0, 0.05) is 23.6 Å². The summed E-state index contributed by atoms with van der Waals surface area (Å²) in [4.78, 5) is 11.9. The highest BCUT2D eigenvalue weighted by molar-refractivity contribution is 5.94. The molecular weight excluding hydrogens is 268 g/mol.